The minimum atomic E-state index is 0.701. The molecule has 3 N–H and O–H groups in total. The average molecular weight is 217 g/mol. The number of nitrogens with two attached hydrogens (primary N) is 1. The number of aryl methyl sites for hydroxylation is 2. The van der Waals surface area contributed by atoms with Gasteiger partial charge in [0.25, 0.3) is 0 Å². The van der Waals surface area contributed by atoms with Crippen molar-refractivity contribution in [2.45, 2.75) is 13.5 Å². The van der Waals surface area contributed by atoms with Crippen molar-refractivity contribution in [3.8, 4) is 0 Å². The summed E-state index contributed by atoms with van der Waals surface area (Å²) in [6.45, 7) is 2.59. The molecule has 5 nitrogen and oxygen atoms in total. The predicted octanol–water partition coefficient (Wildman–Crippen LogP) is 1.32. The number of aromatic nitrogens is 3. The monoisotopic (exact) mass is 217 g/mol. The minimum absolute atomic E-state index is 0.701. The number of nitrogens with one attached hydrogen (secondary N) is 1. The molecule has 0 aliphatic rings. The van der Waals surface area contributed by atoms with Gasteiger partial charge in [-0.25, -0.2) is 4.98 Å². The Morgan fingerprint density at radius 2 is 2.19 bits per heavy atom. The van der Waals surface area contributed by atoms with Crippen LogP contribution in [-0.4, -0.2) is 14.8 Å². The van der Waals surface area contributed by atoms with Gasteiger partial charge in [-0.3, -0.25) is 4.68 Å². The Hall–Kier alpha value is -2.04. The van der Waals surface area contributed by atoms with E-state index in [9.17, 15) is 0 Å². The van der Waals surface area contributed by atoms with Crippen LogP contribution in [0.15, 0.2) is 24.4 Å². The molecule has 2 rings (SSSR count). The number of nitrogens with zero attached hydrogens (tertiary/aromatic N) is 3. The Balaban J connectivity index is 2.05. The fourth-order valence-corrected chi connectivity index (χ4v) is 1.43. The summed E-state index contributed by atoms with van der Waals surface area (Å²) in [4.78, 5) is 4.34. The van der Waals surface area contributed by atoms with Crippen LogP contribution < -0.4 is 11.1 Å². The quantitative estimate of drug-likeness (QED) is 0.813. The van der Waals surface area contributed by atoms with E-state index in [1.807, 2.05) is 36.9 Å². The molecule has 0 spiro atoms. The molecule has 5 heteroatoms. The highest BCUT2D eigenvalue weighted by Crippen LogP contribution is 2.12. The van der Waals surface area contributed by atoms with Crippen LogP contribution in [0.25, 0.3) is 0 Å². The van der Waals surface area contributed by atoms with Crippen molar-refractivity contribution in [3.05, 3.63) is 35.8 Å². The smallest absolute Gasteiger partial charge is 0.126 e. The highest BCUT2D eigenvalue weighted by Gasteiger charge is 2.00. The van der Waals surface area contributed by atoms with E-state index in [-0.39, 0.29) is 0 Å². The van der Waals surface area contributed by atoms with E-state index in [1.54, 1.807) is 6.20 Å². The molecule has 0 radical (unpaired) electrons. The maximum atomic E-state index is 5.70. The van der Waals surface area contributed by atoms with Gasteiger partial charge < -0.3 is 11.1 Å². The van der Waals surface area contributed by atoms with Gasteiger partial charge >= 0.3 is 0 Å². The van der Waals surface area contributed by atoms with Crippen LogP contribution in [-0.2, 0) is 13.6 Å². The highest BCUT2D eigenvalue weighted by atomic mass is 15.3. The maximum absolute atomic E-state index is 5.70. The van der Waals surface area contributed by atoms with E-state index in [0.717, 1.165) is 17.2 Å². The van der Waals surface area contributed by atoms with Gasteiger partial charge in [0.15, 0.2) is 0 Å². The average Bonchev–Trinajstić information content (AvgIpc) is 2.66. The summed E-state index contributed by atoms with van der Waals surface area (Å²) in [5.74, 6) is 0.827. The number of hydrogen-bond acceptors (Lipinski definition) is 4. The van der Waals surface area contributed by atoms with Gasteiger partial charge in [-0.05, 0) is 25.1 Å². The first-order chi connectivity index (χ1) is 7.66. The summed E-state index contributed by atoms with van der Waals surface area (Å²) in [6.07, 6.45) is 1.78. The minimum Gasteiger partial charge on any atom is -0.397 e. The van der Waals surface area contributed by atoms with Gasteiger partial charge in [-0.1, -0.05) is 0 Å². The molecule has 0 atom stereocenters. The molecule has 0 saturated carbocycles. The van der Waals surface area contributed by atoms with Gasteiger partial charge in [-0.2, -0.15) is 5.10 Å². The van der Waals surface area contributed by atoms with E-state index in [0.29, 0.717) is 12.2 Å². The maximum Gasteiger partial charge on any atom is 0.126 e. The van der Waals surface area contributed by atoms with Crippen LogP contribution in [0.2, 0.25) is 0 Å². The summed E-state index contributed by atoms with van der Waals surface area (Å²) in [5.41, 5.74) is 8.36. The van der Waals surface area contributed by atoms with Crippen molar-refractivity contribution in [2.75, 3.05) is 11.1 Å². The Labute approximate surface area is 94.3 Å². The van der Waals surface area contributed by atoms with E-state index in [1.165, 1.54) is 0 Å². The Kier molecular flexibility index (Phi) is 2.76. The first-order valence-corrected chi connectivity index (χ1v) is 5.10. The van der Waals surface area contributed by atoms with Gasteiger partial charge in [0.05, 0.1) is 23.6 Å². The molecule has 0 saturated heterocycles. The van der Waals surface area contributed by atoms with Gasteiger partial charge in [-0.15, -0.1) is 0 Å². The van der Waals surface area contributed by atoms with Crippen LogP contribution in [0.3, 0.4) is 0 Å². The van der Waals surface area contributed by atoms with Crippen LogP contribution >= 0.6 is 0 Å². The lowest BCUT2D eigenvalue weighted by molar-refractivity contribution is 0.720. The number of nitrogen functional groups attached to an aromatic ring is 1. The van der Waals surface area contributed by atoms with Crippen molar-refractivity contribution in [1.29, 1.82) is 0 Å². The molecular formula is C11H15N5. The highest BCUT2D eigenvalue weighted by molar-refractivity contribution is 5.49. The van der Waals surface area contributed by atoms with E-state index >= 15 is 0 Å². The fraction of sp³-hybridized carbons (Fsp3) is 0.273. The van der Waals surface area contributed by atoms with Crippen LogP contribution in [0, 0.1) is 6.92 Å². The molecule has 0 amide bonds. The number of hydrogen-bond donors (Lipinski definition) is 2. The first kappa shape index (κ1) is 10.5. The molecule has 16 heavy (non-hydrogen) atoms. The molecule has 2 aromatic rings. The Morgan fingerprint density at radius 1 is 1.38 bits per heavy atom. The second-order valence-corrected chi connectivity index (χ2v) is 3.67. The molecule has 0 aliphatic heterocycles. The van der Waals surface area contributed by atoms with E-state index < -0.39 is 0 Å². The Bertz CT molecular complexity index is 489. The first-order valence-electron chi connectivity index (χ1n) is 5.10. The second-order valence-electron chi connectivity index (χ2n) is 3.67. The van der Waals surface area contributed by atoms with Crippen molar-refractivity contribution in [3.63, 3.8) is 0 Å². The molecule has 0 bridgehead atoms. The largest absolute Gasteiger partial charge is 0.397 e. The molecule has 0 aromatic carbocycles. The van der Waals surface area contributed by atoms with E-state index in [2.05, 4.69) is 15.4 Å². The fourth-order valence-electron chi connectivity index (χ4n) is 1.43. The lowest BCUT2D eigenvalue weighted by atomic mass is 10.3. The molecule has 0 aliphatic carbocycles. The van der Waals surface area contributed by atoms with Gasteiger partial charge in [0.1, 0.15) is 5.82 Å². The van der Waals surface area contributed by atoms with Crippen LogP contribution in [0.5, 0.6) is 0 Å². The third-order valence-corrected chi connectivity index (χ3v) is 2.50. The zero-order valence-electron chi connectivity index (χ0n) is 9.44. The van der Waals surface area contributed by atoms with Crippen molar-refractivity contribution in [2.24, 2.45) is 7.05 Å². The zero-order valence-corrected chi connectivity index (χ0v) is 9.44. The van der Waals surface area contributed by atoms with Crippen LogP contribution in [0.4, 0.5) is 11.5 Å². The van der Waals surface area contributed by atoms with Crippen molar-refractivity contribution < 1.29 is 0 Å². The summed E-state index contributed by atoms with van der Waals surface area (Å²) in [5, 5.41) is 7.33. The topological polar surface area (TPSA) is 68.8 Å². The zero-order chi connectivity index (χ0) is 11.5. The lowest BCUT2D eigenvalue weighted by Crippen LogP contribution is -2.07. The van der Waals surface area contributed by atoms with E-state index in [4.69, 9.17) is 5.73 Å². The number of anilines is 2. The van der Waals surface area contributed by atoms with Crippen molar-refractivity contribution >= 4 is 11.5 Å². The normalized spacial score (nSPS) is 10.4. The predicted molar refractivity (Wildman–Crippen MR) is 63.9 cm³/mol. The lowest BCUT2D eigenvalue weighted by Gasteiger charge is -2.07. The summed E-state index contributed by atoms with van der Waals surface area (Å²) < 4.78 is 1.83. The number of rotatable bonds is 3. The molecule has 84 valence electrons. The van der Waals surface area contributed by atoms with Crippen LogP contribution in [0.1, 0.15) is 11.4 Å². The van der Waals surface area contributed by atoms with Gasteiger partial charge in [0, 0.05) is 13.2 Å². The van der Waals surface area contributed by atoms with Crippen molar-refractivity contribution in [1.82, 2.24) is 14.8 Å². The third-order valence-electron chi connectivity index (χ3n) is 2.50. The summed E-state index contributed by atoms with van der Waals surface area (Å²) in [6, 6.07) is 5.70. The standard InChI is InChI=1S/C11H15N5/c1-8-10(12)3-4-11(15-8)13-7-9-5-6-14-16(9)2/h3-6H,7,12H2,1-2H3,(H,13,15). The molecular weight excluding hydrogens is 202 g/mol. The SMILES string of the molecule is Cc1nc(NCc2ccnn2C)ccc1N. The molecule has 0 unspecified atom stereocenters. The van der Waals surface area contributed by atoms with Gasteiger partial charge in [0.2, 0.25) is 0 Å². The third kappa shape index (κ3) is 2.13. The Morgan fingerprint density at radius 3 is 2.81 bits per heavy atom. The molecule has 2 aromatic heterocycles. The number of pyridine rings is 1. The summed E-state index contributed by atoms with van der Waals surface area (Å²) >= 11 is 0. The summed E-state index contributed by atoms with van der Waals surface area (Å²) in [7, 11) is 1.92. The molecule has 2 heterocycles. The second kappa shape index (κ2) is 4.22. The molecule has 0 fully saturated rings.